The monoisotopic (exact) mass is 358 g/mol. The first-order valence-electron chi connectivity index (χ1n) is 8.58. The summed E-state index contributed by atoms with van der Waals surface area (Å²) in [6.45, 7) is 0. The Balaban J connectivity index is 1.83. The molecule has 0 saturated carbocycles. The summed E-state index contributed by atoms with van der Waals surface area (Å²) >= 11 is 0. The van der Waals surface area contributed by atoms with Gasteiger partial charge in [-0.1, -0.05) is 48.5 Å². The van der Waals surface area contributed by atoms with E-state index in [0.29, 0.717) is 16.7 Å². The first kappa shape index (κ1) is 16.8. The predicted octanol–water partition coefficient (Wildman–Crippen LogP) is 3.59. The van der Waals surface area contributed by atoms with Crippen molar-refractivity contribution in [1.29, 1.82) is 0 Å². The maximum absolute atomic E-state index is 12.9. The fraction of sp³-hybridized carbons (Fsp3) is 0.0909. The second-order valence-corrected chi connectivity index (χ2v) is 6.31. The molecule has 5 heteroatoms. The molecule has 4 rings (SSSR count). The van der Waals surface area contributed by atoms with Gasteiger partial charge >= 0.3 is 5.97 Å². The van der Waals surface area contributed by atoms with Gasteiger partial charge in [-0.3, -0.25) is 4.79 Å². The molecule has 1 amide bonds. The third-order valence-corrected chi connectivity index (χ3v) is 4.73. The number of methoxy groups -OCH3 is 1. The van der Waals surface area contributed by atoms with Crippen LogP contribution in [0.2, 0.25) is 0 Å². The summed E-state index contributed by atoms with van der Waals surface area (Å²) in [7, 11) is 1.32. The van der Waals surface area contributed by atoms with Crippen LogP contribution in [-0.2, 0) is 15.1 Å². The van der Waals surface area contributed by atoms with E-state index < -0.39 is 11.5 Å². The van der Waals surface area contributed by atoms with Crippen molar-refractivity contribution in [2.45, 2.75) is 5.54 Å². The SMILES string of the molecule is COC(=O)C1(c2cccc(Nc3ccccc3)c2)NC(=O)c2ccccc21. The quantitative estimate of drug-likeness (QED) is 0.700. The molecule has 0 aromatic heterocycles. The van der Waals surface area contributed by atoms with Crippen LogP contribution in [0.15, 0.2) is 78.9 Å². The number of nitrogens with one attached hydrogen (secondary N) is 2. The van der Waals surface area contributed by atoms with E-state index in [1.165, 1.54) is 7.11 Å². The van der Waals surface area contributed by atoms with Crippen LogP contribution in [0.3, 0.4) is 0 Å². The third kappa shape index (κ3) is 2.73. The number of rotatable bonds is 4. The Kier molecular flexibility index (Phi) is 4.12. The predicted molar refractivity (Wildman–Crippen MR) is 103 cm³/mol. The molecule has 1 unspecified atom stereocenters. The van der Waals surface area contributed by atoms with E-state index in [0.717, 1.165) is 11.4 Å². The summed E-state index contributed by atoms with van der Waals surface area (Å²) in [5, 5.41) is 6.16. The third-order valence-electron chi connectivity index (χ3n) is 4.73. The fourth-order valence-electron chi connectivity index (χ4n) is 3.49. The molecule has 1 heterocycles. The van der Waals surface area contributed by atoms with E-state index in [1.807, 2.05) is 60.7 Å². The molecular weight excluding hydrogens is 340 g/mol. The highest BCUT2D eigenvalue weighted by Gasteiger charge is 2.51. The van der Waals surface area contributed by atoms with E-state index in [1.54, 1.807) is 18.2 Å². The Hall–Kier alpha value is -3.60. The number of hydrogen-bond acceptors (Lipinski definition) is 4. The van der Waals surface area contributed by atoms with Crippen molar-refractivity contribution < 1.29 is 14.3 Å². The van der Waals surface area contributed by atoms with Gasteiger partial charge in [0.15, 0.2) is 5.54 Å². The Morgan fingerprint density at radius 2 is 1.63 bits per heavy atom. The lowest BCUT2D eigenvalue weighted by Gasteiger charge is -2.28. The zero-order valence-corrected chi connectivity index (χ0v) is 14.7. The van der Waals surface area contributed by atoms with E-state index in [4.69, 9.17) is 4.74 Å². The summed E-state index contributed by atoms with van der Waals surface area (Å²) < 4.78 is 5.08. The van der Waals surface area contributed by atoms with Crippen LogP contribution in [0.1, 0.15) is 21.5 Å². The molecule has 27 heavy (non-hydrogen) atoms. The van der Waals surface area contributed by atoms with Gasteiger partial charge < -0.3 is 15.4 Å². The zero-order valence-electron chi connectivity index (χ0n) is 14.7. The smallest absolute Gasteiger partial charge is 0.341 e. The minimum Gasteiger partial charge on any atom is -0.467 e. The van der Waals surface area contributed by atoms with Crippen molar-refractivity contribution in [3.8, 4) is 0 Å². The zero-order chi connectivity index (χ0) is 18.9. The van der Waals surface area contributed by atoms with Crippen LogP contribution in [-0.4, -0.2) is 19.0 Å². The Bertz CT molecular complexity index is 1020. The maximum atomic E-state index is 12.9. The van der Waals surface area contributed by atoms with Crippen LogP contribution in [0.25, 0.3) is 0 Å². The van der Waals surface area contributed by atoms with Crippen LogP contribution >= 0.6 is 0 Å². The molecule has 0 saturated heterocycles. The molecule has 0 bridgehead atoms. The first-order chi connectivity index (χ1) is 13.1. The number of para-hydroxylation sites is 1. The van der Waals surface area contributed by atoms with E-state index in [9.17, 15) is 9.59 Å². The average Bonchev–Trinajstić information content (AvgIpc) is 3.02. The van der Waals surface area contributed by atoms with Gasteiger partial charge in [0.2, 0.25) is 0 Å². The normalized spacial score (nSPS) is 17.7. The van der Waals surface area contributed by atoms with Crippen molar-refractivity contribution in [1.82, 2.24) is 5.32 Å². The summed E-state index contributed by atoms with van der Waals surface area (Å²) in [5.74, 6) is -0.824. The molecule has 1 atom stereocenters. The minimum absolute atomic E-state index is 0.294. The highest BCUT2D eigenvalue weighted by Crippen LogP contribution is 2.39. The van der Waals surface area contributed by atoms with E-state index in [-0.39, 0.29) is 5.91 Å². The summed E-state index contributed by atoms with van der Waals surface area (Å²) in [4.78, 5) is 25.4. The second-order valence-electron chi connectivity index (χ2n) is 6.31. The molecule has 0 radical (unpaired) electrons. The Morgan fingerprint density at radius 1 is 0.926 bits per heavy atom. The lowest BCUT2D eigenvalue weighted by molar-refractivity contribution is -0.146. The Morgan fingerprint density at radius 3 is 2.41 bits per heavy atom. The number of carbonyl (C=O) groups is 2. The number of anilines is 2. The number of amides is 1. The maximum Gasteiger partial charge on any atom is 0.341 e. The molecule has 0 fully saturated rings. The van der Waals surface area contributed by atoms with Gasteiger partial charge in [-0.25, -0.2) is 4.79 Å². The van der Waals surface area contributed by atoms with Crippen LogP contribution in [0.4, 0.5) is 11.4 Å². The van der Waals surface area contributed by atoms with Gasteiger partial charge in [0, 0.05) is 22.5 Å². The molecule has 1 aliphatic heterocycles. The van der Waals surface area contributed by atoms with Gasteiger partial charge in [-0.2, -0.15) is 0 Å². The van der Waals surface area contributed by atoms with Gasteiger partial charge in [0.1, 0.15) is 0 Å². The van der Waals surface area contributed by atoms with Crippen LogP contribution in [0, 0.1) is 0 Å². The van der Waals surface area contributed by atoms with Crippen molar-refractivity contribution >= 4 is 23.3 Å². The number of ether oxygens (including phenoxy) is 1. The summed E-state index contributed by atoms with van der Waals surface area (Å²) in [6, 6.07) is 24.2. The van der Waals surface area contributed by atoms with Crippen LogP contribution < -0.4 is 10.6 Å². The molecule has 134 valence electrons. The lowest BCUT2D eigenvalue weighted by Crippen LogP contribution is -2.48. The molecule has 5 nitrogen and oxygen atoms in total. The van der Waals surface area contributed by atoms with Gasteiger partial charge in [0.25, 0.3) is 5.91 Å². The van der Waals surface area contributed by atoms with Gasteiger partial charge in [0.05, 0.1) is 7.11 Å². The molecule has 0 spiro atoms. The molecule has 3 aromatic carbocycles. The number of carbonyl (C=O) groups excluding carboxylic acids is 2. The topological polar surface area (TPSA) is 67.4 Å². The van der Waals surface area contributed by atoms with Crippen molar-refractivity contribution in [2.24, 2.45) is 0 Å². The van der Waals surface area contributed by atoms with E-state index >= 15 is 0 Å². The van der Waals surface area contributed by atoms with Crippen LogP contribution in [0.5, 0.6) is 0 Å². The lowest BCUT2D eigenvalue weighted by atomic mass is 9.83. The second kappa shape index (κ2) is 6.61. The molecule has 0 aliphatic carbocycles. The highest BCUT2D eigenvalue weighted by molar-refractivity contribution is 6.07. The number of fused-ring (bicyclic) bond motifs is 1. The summed E-state index contributed by atoms with van der Waals surface area (Å²) in [6.07, 6.45) is 0. The largest absolute Gasteiger partial charge is 0.467 e. The standard InChI is InChI=1S/C22H18N2O3/c1-27-21(26)22(19-13-6-5-12-18(19)20(25)24-22)15-8-7-11-17(14-15)23-16-9-3-2-4-10-16/h2-14,23H,1H3,(H,24,25). The first-order valence-corrected chi connectivity index (χ1v) is 8.58. The van der Waals surface area contributed by atoms with Crippen molar-refractivity contribution in [3.05, 3.63) is 95.6 Å². The summed E-state index contributed by atoms with van der Waals surface area (Å²) in [5.41, 5.74) is 2.08. The van der Waals surface area contributed by atoms with Gasteiger partial charge in [-0.05, 0) is 35.9 Å². The Labute approximate surface area is 157 Å². The fourth-order valence-corrected chi connectivity index (χ4v) is 3.49. The molecular formula is C22H18N2O3. The van der Waals surface area contributed by atoms with E-state index in [2.05, 4.69) is 10.6 Å². The van der Waals surface area contributed by atoms with Crippen molar-refractivity contribution in [3.63, 3.8) is 0 Å². The number of benzene rings is 3. The molecule has 3 aromatic rings. The molecule has 1 aliphatic rings. The molecule has 2 N–H and O–H groups in total. The van der Waals surface area contributed by atoms with Crippen molar-refractivity contribution in [2.75, 3.05) is 12.4 Å². The minimum atomic E-state index is -1.36. The highest BCUT2D eigenvalue weighted by atomic mass is 16.5. The average molecular weight is 358 g/mol. The number of hydrogen-bond donors (Lipinski definition) is 2. The van der Waals surface area contributed by atoms with Gasteiger partial charge in [-0.15, -0.1) is 0 Å². The number of esters is 1.